The first-order valence-corrected chi connectivity index (χ1v) is 4.34. The van der Waals surface area contributed by atoms with Crippen molar-refractivity contribution in [3.05, 3.63) is 33.9 Å². The first kappa shape index (κ1) is 12.8. The largest absolute Gasteiger partial charge is 0.488 e. The van der Waals surface area contributed by atoms with Crippen LogP contribution in [0.25, 0.3) is 0 Å². The first-order valence-electron chi connectivity index (χ1n) is 4.34. The fourth-order valence-corrected chi connectivity index (χ4v) is 1.09. The van der Waals surface area contributed by atoms with Gasteiger partial charge in [0.15, 0.2) is 0 Å². The van der Waals surface area contributed by atoms with Crippen LogP contribution in [0.2, 0.25) is 0 Å². The molecule has 1 aromatic carbocycles. The molecule has 0 atom stereocenters. The van der Waals surface area contributed by atoms with Crippen molar-refractivity contribution in [3.63, 3.8) is 0 Å². The number of benzene rings is 1. The van der Waals surface area contributed by atoms with Gasteiger partial charge in [0.05, 0.1) is 4.92 Å². The summed E-state index contributed by atoms with van der Waals surface area (Å²) in [7, 11) is 0. The fourth-order valence-electron chi connectivity index (χ4n) is 1.09. The Bertz CT molecular complexity index is 449. The van der Waals surface area contributed by atoms with E-state index in [0.29, 0.717) is 0 Å². The predicted molar refractivity (Wildman–Crippen MR) is 51.6 cm³/mol. The zero-order valence-electron chi connectivity index (χ0n) is 8.30. The third-order valence-electron chi connectivity index (χ3n) is 1.77. The average molecular weight is 247 g/mol. The molecule has 0 radical (unpaired) electrons. The second-order valence-corrected chi connectivity index (χ2v) is 2.94. The minimum atomic E-state index is -2.71. The van der Waals surface area contributed by atoms with Crippen molar-refractivity contribution < 1.29 is 28.3 Å². The molecular formula is C9H7F2NO5. The monoisotopic (exact) mass is 247 g/mol. The van der Waals surface area contributed by atoms with Crippen LogP contribution in [0, 0.1) is 10.1 Å². The zero-order chi connectivity index (χ0) is 13.0. The second kappa shape index (κ2) is 5.19. The zero-order valence-corrected chi connectivity index (χ0v) is 8.30. The van der Waals surface area contributed by atoms with Crippen molar-refractivity contribution in [2.24, 2.45) is 0 Å². The number of rotatable bonds is 5. The number of aromatic carboxylic acids is 1. The molecule has 0 unspecified atom stereocenters. The number of ether oxygens (including phenoxy) is 1. The van der Waals surface area contributed by atoms with E-state index in [9.17, 15) is 23.7 Å². The number of nitro groups is 1. The van der Waals surface area contributed by atoms with Crippen LogP contribution < -0.4 is 4.74 Å². The summed E-state index contributed by atoms with van der Waals surface area (Å²) in [6, 6.07) is 2.79. The topological polar surface area (TPSA) is 89.7 Å². The molecule has 0 aliphatic heterocycles. The second-order valence-electron chi connectivity index (χ2n) is 2.94. The van der Waals surface area contributed by atoms with E-state index in [2.05, 4.69) is 4.74 Å². The number of alkyl halides is 2. The van der Waals surface area contributed by atoms with E-state index in [0.717, 1.165) is 18.2 Å². The maximum atomic E-state index is 11.8. The summed E-state index contributed by atoms with van der Waals surface area (Å²) in [4.78, 5) is 20.3. The van der Waals surface area contributed by atoms with Crippen LogP contribution in [0.3, 0.4) is 0 Å². The molecule has 0 aliphatic carbocycles. The standard InChI is InChI=1S/C9H7F2NO5/c10-8(11)4-17-5-1-2-7(12(15)16)6(3-5)9(13)14/h1-3,8H,4H2,(H,13,14). The Kier molecular flexibility index (Phi) is 3.91. The summed E-state index contributed by atoms with van der Waals surface area (Å²) < 4.78 is 28.2. The van der Waals surface area contributed by atoms with Crippen LogP contribution in [0.15, 0.2) is 18.2 Å². The van der Waals surface area contributed by atoms with Gasteiger partial charge < -0.3 is 9.84 Å². The van der Waals surface area contributed by atoms with E-state index in [4.69, 9.17) is 5.11 Å². The third-order valence-corrected chi connectivity index (χ3v) is 1.77. The summed E-state index contributed by atoms with van der Waals surface area (Å²) in [6.07, 6.45) is -2.71. The van der Waals surface area contributed by atoms with E-state index in [1.807, 2.05) is 0 Å². The van der Waals surface area contributed by atoms with Crippen LogP contribution in [0.5, 0.6) is 5.75 Å². The normalized spacial score (nSPS) is 10.3. The Morgan fingerprint density at radius 2 is 2.18 bits per heavy atom. The number of carboxylic acid groups (broad SMARTS) is 1. The number of carboxylic acids is 1. The highest BCUT2D eigenvalue weighted by molar-refractivity contribution is 5.92. The maximum absolute atomic E-state index is 11.8. The van der Waals surface area contributed by atoms with Gasteiger partial charge in [-0.2, -0.15) is 0 Å². The van der Waals surface area contributed by atoms with Crippen molar-refractivity contribution >= 4 is 11.7 Å². The van der Waals surface area contributed by atoms with Crippen LogP contribution in [-0.4, -0.2) is 29.0 Å². The summed E-state index contributed by atoms with van der Waals surface area (Å²) in [5.41, 5.74) is -1.23. The molecule has 0 bridgehead atoms. The van der Waals surface area contributed by atoms with Gasteiger partial charge in [0.25, 0.3) is 12.1 Å². The molecular weight excluding hydrogens is 240 g/mol. The van der Waals surface area contributed by atoms with Gasteiger partial charge in [-0.1, -0.05) is 0 Å². The summed E-state index contributed by atoms with van der Waals surface area (Å²) in [5, 5.41) is 19.2. The Morgan fingerprint density at radius 3 is 2.65 bits per heavy atom. The summed E-state index contributed by atoms with van der Waals surface area (Å²) >= 11 is 0. The van der Waals surface area contributed by atoms with Crippen molar-refractivity contribution in [3.8, 4) is 5.75 Å². The average Bonchev–Trinajstić information content (AvgIpc) is 2.25. The smallest absolute Gasteiger partial charge is 0.342 e. The van der Waals surface area contributed by atoms with Gasteiger partial charge >= 0.3 is 5.97 Å². The molecule has 17 heavy (non-hydrogen) atoms. The molecule has 0 aliphatic rings. The number of nitrogens with zero attached hydrogens (tertiary/aromatic N) is 1. The minimum Gasteiger partial charge on any atom is -0.488 e. The highest BCUT2D eigenvalue weighted by Crippen LogP contribution is 2.24. The number of nitro benzene ring substituents is 1. The van der Waals surface area contributed by atoms with Gasteiger partial charge in [-0.15, -0.1) is 0 Å². The van der Waals surface area contributed by atoms with E-state index < -0.39 is 35.2 Å². The van der Waals surface area contributed by atoms with E-state index in [1.54, 1.807) is 0 Å². The van der Waals surface area contributed by atoms with Gasteiger partial charge in [0, 0.05) is 12.1 Å². The molecule has 0 spiro atoms. The number of halogens is 2. The Balaban J connectivity index is 3.02. The molecule has 0 fully saturated rings. The predicted octanol–water partition coefficient (Wildman–Crippen LogP) is 1.94. The molecule has 1 aromatic rings. The van der Waals surface area contributed by atoms with Crippen LogP contribution in [0.1, 0.15) is 10.4 Å². The maximum Gasteiger partial charge on any atom is 0.342 e. The van der Waals surface area contributed by atoms with Gasteiger partial charge in [-0.25, -0.2) is 13.6 Å². The minimum absolute atomic E-state index is 0.159. The van der Waals surface area contributed by atoms with Crippen molar-refractivity contribution in [1.82, 2.24) is 0 Å². The molecule has 1 rings (SSSR count). The third kappa shape index (κ3) is 3.37. The van der Waals surface area contributed by atoms with Crippen molar-refractivity contribution in [1.29, 1.82) is 0 Å². The number of hydrogen-bond donors (Lipinski definition) is 1. The van der Waals surface area contributed by atoms with Gasteiger partial charge in [-0.3, -0.25) is 10.1 Å². The first-order chi connectivity index (χ1) is 7.91. The number of hydrogen-bond acceptors (Lipinski definition) is 4. The van der Waals surface area contributed by atoms with E-state index in [1.165, 1.54) is 0 Å². The SMILES string of the molecule is O=C(O)c1cc(OCC(F)F)ccc1[N+](=O)[O-]. The fraction of sp³-hybridized carbons (Fsp3) is 0.222. The van der Waals surface area contributed by atoms with Crippen molar-refractivity contribution in [2.45, 2.75) is 6.43 Å². The molecule has 92 valence electrons. The lowest BCUT2D eigenvalue weighted by Gasteiger charge is -2.06. The molecule has 0 aromatic heterocycles. The number of carbonyl (C=O) groups is 1. The lowest BCUT2D eigenvalue weighted by molar-refractivity contribution is -0.385. The van der Waals surface area contributed by atoms with Gasteiger partial charge in [0.2, 0.25) is 0 Å². The van der Waals surface area contributed by atoms with Crippen LogP contribution in [0.4, 0.5) is 14.5 Å². The van der Waals surface area contributed by atoms with Gasteiger partial charge in [-0.05, 0) is 6.07 Å². The van der Waals surface area contributed by atoms with E-state index in [-0.39, 0.29) is 5.75 Å². The van der Waals surface area contributed by atoms with Crippen LogP contribution >= 0.6 is 0 Å². The molecule has 0 saturated heterocycles. The molecule has 6 nitrogen and oxygen atoms in total. The molecule has 1 N–H and O–H groups in total. The van der Waals surface area contributed by atoms with E-state index >= 15 is 0 Å². The summed E-state index contributed by atoms with van der Waals surface area (Å²) in [5.74, 6) is -1.69. The Morgan fingerprint density at radius 1 is 1.53 bits per heavy atom. The quantitative estimate of drug-likeness (QED) is 0.634. The highest BCUT2D eigenvalue weighted by atomic mass is 19.3. The van der Waals surface area contributed by atoms with Crippen LogP contribution in [-0.2, 0) is 0 Å². The highest BCUT2D eigenvalue weighted by Gasteiger charge is 2.20. The van der Waals surface area contributed by atoms with Gasteiger partial charge in [0.1, 0.15) is 17.9 Å². The molecule has 8 heteroatoms. The summed E-state index contributed by atoms with van der Waals surface area (Å²) in [6.45, 7) is -0.906. The lowest BCUT2D eigenvalue weighted by atomic mass is 10.1. The Hall–Kier alpha value is -2.25. The Labute approximate surface area is 93.6 Å². The lowest BCUT2D eigenvalue weighted by Crippen LogP contribution is -2.08. The molecule has 0 heterocycles. The van der Waals surface area contributed by atoms with Crippen molar-refractivity contribution in [2.75, 3.05) is 6.61 Å². The molecule has 0 amide bonds. The molecule has 0 saturated carbocycles.